The third-order valence-electron chi connectivity index (χ3n) is 4.13. The number of hydrogen-bond acceptors (Lipinski definition) is 5. The molecule has 0 saturated carbocycles. The fraction of sp³-hybridized carbons (Fsp3) is 0.750. The minimum absolute atomic E-state index is 0.252. The van der Waals surface area contributed by atoms with E-state index in [1.54, 1.807) is 4.31 Å². The summed E-state index contributed by atoms with van der Waals surface area (Å²) in [6.45, 7) is 3.53. The maximum Gasteiger partial charge on any atom is 0.254 e. The van der Waals surface area contributed by atoms with Crippen LogP contribution in [0, 0.1) is 0 Å². The second kappa shape index (κ2) is 5.88. The van der Waals surface area contributed by atoms with Crippen molar-refractivity contribution in [1.82, 2.24) is 14.2 Å². The second-order valence-corrected chi connectivity index (χ2v) is 9.09. The van der Waals surface area contributed by atoms with Crippen LogP contribution >= 0.6 is 22.9 Å². The van der Waals surface area contributed by atoms with E-state index in [0.29, 0.717) is 19.1 Å². The van der Waals surface area contributed by atoms with Gasteiger partial charge in [0.25, 0.3) is 10.0 Å². The zero-order chi connectivity index (χ0) is 14.2. The van der Waals surface area contributed by atoms with Gasteiger partial charge in [-0.3, -0.25) is 0 Å². The monoisotopic (exact) mass is 335 g/mol. The summed E-state index contributed by atoms with van der Waals surface area (Å²) < 4.78 is 27.0. The van der Waals surface area contributed by atoms with E-state index in [9.17, 15) is 8.42 Å². The molecule has 0 spiro atoms. The SMILES string of the molecule is O=S(=O)(c1cnc(Cl)s1)N1CCC(N2CCCC2)CC1. The average Bonchev–Trinajstić information content (AvgIpc) is 3.10. The Balaban J connectivity index is 1.65. The van der Waals surface area contributed by atoms with E-state index in [1.165, 1.54) is 32.1 Å². The van der Waals surface area contributed by atoms with Crippen molar-refractivity contribution >= 4 is 33.0 Å². The Morgan fingerprint density at radius 2 is 1.85 bits per heavy atom. The summed E-state index contributed by atoms with van der Waals surface area (Å²) in [4.78, 5) is 6.33. The van der Waals surface area contributed by atoms with Gasteiger partial charge in [-0.2, -0.15) is 4.31 Å². The zero-order valence-corrected chi connectivity index (χ0v) is 13.6. The Hall–Kier alpha value is -0.210. The molecule has 0 atom stereocenters. The van der Waals surface area contributed by atoms with Gasteiger partial charge in [0.05, 0.1) is 6.20 Å². The van der Waals surface area contributed by atoms with Gasteiger partial charge in [0.15, 0.2) is 8.68 Å². The van der Waals surface area contributed by atoms with Gasteiger partial charge < -0.3 is 4.90 Å². The topological polar surface area (TPSA) is 53.5 Å². The minimum Gasteiger partial charge on any atom is -0.300 e. The third-order valence-corrected chi connectivity index (χ3v) is 7.58. The normalized spacial score (nSPS) is 23.4. The zero-order valence-electron chi connectivity index (χ0n) is 11.2. The molecule has 0 bridgehead atoms. The maximum atomic E-state index is 12.5. The minimum atomic E-state index is -3.40. The standard InChI is InChI=1S/C12H18ClN3O2S2/c13-12-14-9-11(19-12)20(17,18)16-7-3-10(4-8-16)15-5-1-2-6-15/h9-10H,1-8H2. The van der Waals surface area contributed by atoms with Gasteiger partial charge in [0.1, 0.15) is 0 Å². The number of halogens is 1. The van der Waals surface area contributed by atoms with Crippen molar-refractivity contribution in [2.45, 2.75) is 35.9 Å². The molecule has 0 N–H and O–H groups in total. The van der Waals surface area contributed by atoms with E-state index >= 15 is 0 Å². The second-order valence-electron chi connectivity index (χ2n) is 5.31. The molecule has 20 heavy (non-hydrogen) atoms. The summed E-state index contributed by atoms with van der Waals surface area (Å²) in [6.07, 6.45) is 5.75. The van der Waals surface area contributed by atoms with Crippen LogP contribution in [-0.4, -0.2) is 54.8 Å². The van der Waals surface area contributed by atoms with E-state index in [1.807, 2.05) is 0 Å². The van der Waals surface area contributed by atoms with Crippen molar-refractivity contribution in [3.8, 4) is 0 Å². The molecule has 0 amide bonds. The van der Waals surface area contributed by atoms with Crippen molar-refractivity contribution in [3.05, 3.63) is 10.7 Å². The molecular formula is C12H18ClN3O2S2. The number of aromatic nitrogens is 1. The molecule has 112 valence electrons. The number of rotatable bonds is 3. The maximum absolute atomic E-state index is 12.5. The van der Waals surface area contributed by atoms with Gasteiger partial charge in [-0.25, -0.2) is 13.4 Å². The fourth-order valence-corrected chi connectivity index (χ4v) is 5.96. The molecule has 3 heterocycles. The highest BCUT2D eigenvalue weighted by atomic mass is 35.5. The van der Waals surface area contributed by atoms with Crippen LogP contribution in [0.4, 0.5) is 0 Å². The molecule has 0 aliphatic carbocycles. The number of piperidine rings is 1. The van der Waals surface area contributed by atoms with Crippen LogP contribution in [0.25, 0.3) is 0 Å². The lowest BCUT2D eigenvalue weighted by Crippen LogP contribution is -2.45. The first kappa shape index (κ1) is 14.7. The molecule has 0 unspecified atom stereocenters. The summed E-state index contributed by atoms with van der Waals surface area (Å²) in [5.41, 5.74) is 0. The molecule has 8 heteroatoms. The average molecular weight is 336 g/mol. The van der Waals surface area contributed by atoms with Gasteiger partial charge >= 0.3 is 0 Å². The predicted molar refractivity (Wildman–Crippen MR) is 79.7 cm³/mol. The number of sulfonamides is 1. The third kappa shape index (κ3) is 2.87. The van der Waals surface area contributed by atoms with Gasteiger partial charge in [-0.15, -0.1) is 0 Å². The first-order valence-electron chi connectivity index (χ1n) is 6.93. The largest absolute Gasteiger partial charge is 0.300 e. The Bertz CT molecular complexity index is 561. The van der Waals surface area contributed by atoms with Crippen LogP contribution in [0.1, 0.15) is 25.7 Å². The fourth-order valence-electron chi connectivity index (χ4n) is 3.04. The molecule has 2 saturated heterocycles. The van der Waals surface area contributed by atoms with Crippen molar-refractivity contribution in [1.29, 1.82) is 0 Å². The van der Waals surface area contributed by atoms with E-state index in [2.05, 4.69) is 9.88 Å². The Kier molecular flexibility index (Phi) is 4.33. The van der Waals surface area contributed by atoms with Crippen LogP contribution in [0.5, 0.6) is 0 Å². The number of likely N-dealkylation sites (tertiary alicyclic amines) is 1. The molecule has 5 nitrogen and oxygen atoms in total. The van der Waals surface area contributed by atoms with Crippen LogP contribution in [-0.2, 0) is 10.0 Å². The summed E-state index contributed by atoms with van der Waals surface area (Å²) >= 11 is 6.76. The lowest BCUT2D eigenvalue weighted by molar-refractivity contribution is 0.168. The van der Waals surface area contributed by atoms with Gasteiger partial charge in [-0.05, 0) is 38.8 Å². The molecule has 2 aliphatic rings. The summed E-state index contributed by atoms with van der Waals surface area (Å²) in [5.74, 6) is 0. The number of hydrogen-bond donors (Lipinski definition) is 0. The van der Waals surface area contributed by atoms with Gasteiger partial charge in [-0.1, -0.05) is 22.9 Å². The van der Waals surface area contributed by atoms with Gasteiger partial charge in [0.2, 0.25) is 0 Å². The van der Waals surface area contributed by atoms with E-state index < -0.39 is 10.0 Å². The lowest BCUT2D eigenvalue weighted by Gasteiger charge is -2.35. The summed E-state index contributed by atoms with van der Waals surface area (Å²) in [5, 5.41) is 0. The van der Waals surface area contributed by atoms with Crippen molar-refractivity contribution in [3.63, 3.8) is 0 Å². The molecule has 1 aromatic rings. The Labute approximate surface area is 128 Å². The Morgan fingerprint density at radius 3 is 2.40 bits per heavy atom. The highest BCUT2D eigenvalue weighted by molar-refractivity contribution is 7.91. The molecule has 0 aromatic carbocycles. The van der Waals surface area contributed by atoms with Crippen LogP contribution in [0.3, 0.4) is 0 Å². The molecule has 1 aromatic heterocycles. The molecule has 3 rings (SSSR count). The molecule has 2 fully saturated rings. The molecule has 2 aliphatic heterocycles. The van der Waals surface area contributed by atoms with Crippen molar-refractivity contribution < 1.29 is 8.42 Å². The number of thiazole rings is 1. The first-order chi connectivity index (χ1) is 9.57. The lowest BCUT2D eigenvalue weighted by atomic mass is 10.1. The van der Waals surface area contributed by atoms with E-state index in [4.69, 9.17) is 11.6 Å². The van der Waals surface area contributed by atoms with E-state index in [-0.39, 0.29) is 8.68 Å². The summed E-state index contributed by atoms with van der Waals surface area (Å²) in [6, 6.07) is 0.550. The Morgan fingerprint density at radius 1 is 1.20 bits per heavy atom. The molecule has 0 radical (unpaired) electrons. The summed E-state index contributed by atoms with van der Waals surface area (Å²) in [7, 11) is -3.40. The first-order valence-corrected chi connectivity index (χ1v) is 9.56. The van der Waals surface area contributed by atoms with Gasteiger partial charge in [0, 0.05) is 19.1 Å². The van der Waals surface area contributed by atoms with Crippen molar-refractivity contribution in [2.75, 3.05) is 26.2 Å². The quantitative estimate of drug-likeness (QED) is 0.848. The smallest absolute Gasteiger partial charge is 0.254 e. The molecular weight excluding hydrogens is 318 g/mol. The van der Waals surface area contributed by atoms with E-state index in [0.717, 1.165) is 24.2 Å². The highest BCUT2D eigenvalue weighted by Gasteiger charge is 2.33. The van der Waals surface area contributed by atoms with Crippen LogP contribution in [0.2, 0.25) is 4.47 Å². The van der Waals surface area contributed by atoms with Crippen LogP contribution in [0.15, 0.2) is 10.4 Å². The highest BCUT2D eigenvalue weighted by Crippen LogP contribution is 2.29. The van der Waals surface area contributed by atoms with Crippen molar-refractivity contribution in [2.24, 2.45) is 0 Å². The number of nitrogens with zero attached hydrogens (tertiary/aromatic N) is 3. The predicted octanol–water partition coefficient (Wildman–Crippen LogP) is 2.05. The van der Waals surface area contributed by atoms with Crippen LogP contribution < -0.4 is 0 Å².